The van der Waals surface area contributed by atoms with Crippen molar-refractivity contribution in [1.82, 2.24) is 0 Å². The Bertz CT molecular complexity index is 355. The molecule has 0 heterocycles. The molecule has 0 fully saturated rings. The fourth-order valence-corrected chi connectivity index (χ4v) is 1.28. The van der Waals surface area contributed by atoms with Gasteiger partial charge in [0.15, 0.2) is 0 Å². The molecule has 1 aromatic rings. The summed E-state index contributed by atoms with van der Waals surface area (Å²) in [5, 5.41) is 12.1. The summed E-state index contributed by atoms with van der Waals surface area (Å²) in [5.74, 6) is 1.03. The lowest BCUT2D eigenvalue weighted by molar-refractivity contribution is 0.415. The van der Waals surface area contributed by atoms with Crippen molar-refractivity contribution >= 4 is 5.69 Å². The second kappa shape index (κ2) is 5.26. The first-order valence-corrected chi connectivity index (χ1v) is 4.98. The van der Waals surface area contributed by atoms with E-state index in [4.69, 9.17) is 10.00 Å². The summed E-state index contributed by atoms with van der Waals surface area (Å²) in [6, 6.07) is 9.64. The number of hydrogen-bond acceptors (Lipinski definition) is 3. The molecule has 80 valence electrons. The Balaban J connectivity index is 2.84. The molecule has 0 bridgehead atoms. The number of nitrogens with zero attached hydrogens (tertiary/aromatic N) is 1. The molecule has 0 saturated carbocycles. The molecule has 1 rings (SSSR count). The third-order valence-corrected chi connectivity index (χ3v) is 2.22. The van der Waals surface area contributed by atoms with Gasteiger partial charge in [0, 0.05) is 0 Å². The molecule has 0 radical (unpaired) electrons. The first-order chi connectivity index (χ1) is 7.19. The van der Waals surface area contributed by atoms with Crippen LogP contribution in [0.25, 0.3) is 0 Å². The molecule has 3 nitrogen and oxygen atoms in total. The summed E-state index contributed by atoms with van der Waals surface area (Å²) in [6.45, 7) is 4.02. The number of methoxy groups -OCH3 is 1. The molecule has 1 N–H and O–H groups in total. The van der Waals surface area contributed by atoms with Crippen LogP contribution in [0.5, 0.6) is 5.75 Å². The zero-order chi connectivity index (χ0) is 11.3. The van der Waals surface area contributed by atoms with E-state index in [0.29, 0.717) is 0 Å². The number of nitrogens with one attached hydrogen (secondary N) is 1. The van der Waals surface area contributed by atoms with Gasteiger partial charge < -0.3 is 10.1 Å². The maximum atomic E-state index is 8.97. The molecule has 0 aliphatic heterocycles. The van der Waals surface area contributed by atoms with Crippen molar-refractivity contribution in [2.75, 3.05) is 12.4 Å². The smallest absolute Gasteiger partial charge is 0.141 e. The van der Waals surface area contributed by atoms with Crippen LogP contribution in [0.2, 0.25) is 0 Å². The quantitative estimate of drug-likeness (QED) is 0.820. The van der Waals surface area contributed by atoms with Gasteiger partial charge in [-0.15, -0.1) is 0 Å². The standard InChI is InChI=1S/C12H16N2O/c1-9(2)11(8-13)14-10-6-4-5-7-12(10)15-3/h4-7,9,11,14H,1-3H3. The zero-order valence-corrected chi connectivity index (χ0v) is 9.32. The lowest BCUT2D eigenvalue weighted by Gasteiger charge is -2.18. The second-order valence-corrected chi connectivity index (χ2v) is 3.70. The van der Waals surface area contributed by atoms with Gasteiger partial charge in [-0.1, -0.05) is 26.0 Å². The lowest BCUT2D eigenvalue weighted by Crippen LogP contribution is -2.23. The predicted molar refractivity (Wildman–Crippen MR) is 60.9 cm³/mol. The van der Waals surface area contributed by atoms with Crippen LogP contribution in [-0.2, 0) is 0 Å². The van der Waals surface area contributed by atoms with Crippen molar-refractivity contribution in [3.8, 4) is 11.8 Å². The van der Waals surface area contributed by atoms with Gasteiger partial charge in [-0.2, -0.15) is 5.26 Å². The van der Waals surface area contributed by atoms with E-state index < -0.39 is 0 Å². The fourth-order valence-electron chi connectivity index (χ4n) is 1.28. The summed E-state index contributed by atoms with van der Waals surface area (Å²) in [6.07, 6.45) is 0. The van der Waals surface area contributed by atoms with E-state index >= 15 is 0 Å². The van der Waals surface area contributed by atoms with E-state index in [-0.39, 0.29) is 12.0 Å². The minimum atomic E-state index is -0.193. The normalized spacial score (nSPS) is 11.9. The van der Waals surface area contributed by atoms with Crippen LogP contribution in [0.15, 0.2) is 24.3 Å². The van der Waals surface area contributed by atoms with E-state index in [1.54, 1.807) is 7.11 Å². The molecule has 15 heavy (non-hydrogen) atoms. The number of hydrogen-bond donors (Lipinski definition) is 1. The number of rotatable bonds is 4. The van der Waals surface area contributed by atoms with Crippen LogP contribution < -0.4 is 10.1 Å². The minimum absolute atomic E-state index is 0.193. The summed E-state index contributed by atoms with van der Waals surface area (Å²) in [4.78, 5) is 0. The van der Waals surface area contributed by atoms with Crippen LogP contribution in [0.1, 0.15) is 13.8 Å². The van der Waals surface area contributed by atoms with Crippen molar-refractivity contribution in [3.05, 3.63) is 24.3 Å². The largest absolute Gasteiger partial charge is 0.495 e. The molecule has 0 amide bonds. The fraction of sp³-hybridized carbons (Fsp3) is 0.417. The Morgan fingerprint density at radius 1 is 1.33 bits per heavy atom. The van der Waals surface area contributed by atoms with Crippen LogP contribution in [0.4, 0.5) is 5.69 Å². The van der Waals surface area contributed by atoms with E-state index in [2.05, 4.69) is 11.4 Å². The Labute approximate surface area is 90.7 Å². The van der Waals surface area contributed by atoms with E-state index in [1.807, 2.05) is 38.1 Å². The Hall–Kier alpha value is -1.69. The Morgan fingerprint density at radius 2 is 2.00 bits per heavy atom. The minimum Gasteiger partial charge on any atom is -0.495 e. The van der Waals surface area contributed by atoms with Crippen molar-refractivity contribution in [2.45, 2.75) is 19.9 Å². The molecular weight excluding hydrogens is 188 g/mol. The van der Waals surface area contributed by atoms with Crippen molar-refractivity contribution in [2.24, 2.45) is 5.92 Å². The van der Waals surface area contributed by atoms with Gasteiger partial charge in [0.05, 0.1) is 18.9 Å². The third kappa shape index (κ3) is 2.88. The maximum absolute atomic E-state index is 8.97. The SMILES string of the molecule is COc1ccccc1NC(C#N)C(C)C. The highest BCUT2D eigenvalue weighted by molar-refractivity contribution is 5.57. The van der Waals surface area contributed by atoms with Crippen LogP contribution >= 0.6 is 0 Å². The summed E-state index contributed by atoms with van der Waals surface area (Å²) >= 11 is 0. The summed E-state index contributed by atoms with van der Waals surface area (Å²) in [7, 11) is 1.62. The molecule has 1 unspecified atom stereocenters. The summed E-state index contributed by atoms with van der Waals surface area (Å²) in [5.41, 5.74) is 0.861. The highest BCUT2D eigenvalue weighted by atomic mass is 16.5. The highest BCUT2D eigenvalue weighted by Crippen LogP contribution is 2.24. The average molecular weight is 204 g/mol. The first-order valence-electron chi connectivity index (χ1n) is 4.98. The van der Waals surface area contributed by atoms with E-state index in [9.17, 15) is 0 Å². The van der Waals surface area contributed by atoms with E-state index in [1.165, 1.54) is 0 Å². The molecule has 0 aromatic heterocycles. The van der Waals surface area contributed by atoms with Gasteiger partial charge in [0.2, 0.25) is 0 Å². The molecule has 0 aliphatic rings. The number of ether oxygens (including phenoxy) is 1. The van der Waals surface area contributed by atoms with Gasteiger partial charge in [-0.3, -0.25) is 0 Å². The third-order valence-electron chi connectivity index (χ3n) is 2.22. The molecule has 0 aliphatic carbocycles. The molecule has 0 spiro atoms. The average Bonchev–Trinajstić information content (AvgIpc) is 2.25. The van der Waals surface area contributed by atoms with Crippen molar-refractivity contribution in [1.29, 1.82) is 5.26 Å². The number of nitriles is 1. The second-order valence-electron chi connectivity index (χ2n) is 3.70. The van der Waals surface area contributed by atoms with Crippen molar-refractivity contribution < 1.29 is 4.74 Å². The van der Waals surface area contributed by atoms with Gasteiger partial charge in [0.1, 0.15) is 11.8 Å². The van der Waals surface area contributed by atoms with Crippen LogP contribution in [-0.4, -0.2) is 13.2 Å². The number of benzene rings is 1. The predicted octanol–water partition coefficient (Wildman–Crippen LogP) is 2.66. The Kier molecular flexibility index (Phi) is 3.99. The topological polar surface area (TPSA) is 45.0 Å². The number of para-hydroxylation sites is 2. The molecule has 0 saturated heterocycles. The van der Waals surface area contributed by atoms with Crippen molar-refractivity contribution in [3.63, 3.8) is 0 Å². The first kappa shape index (κ1) is 11.4. The molecule has 1 atom stereocenters. The number of anilines is 1. The van der Waals surface area contributed by atoms with Crippen LogP contribution in [0, 0.1) is 17.2 Å². The molecular formula is C12H16N2O. The van der Waals surface area contributed by atoms with Gasteiger partial charge in [-0.05, 0) is 18.1 Å². The molecule has 3 heteroatoms. The zero-order valence-electron chi connectivity index (χ0n) is 9.32. The summed E-state index contributed by atoms with van der Waals surface area (Å²) < 4.78 is 5.20. The van der Waals surface area contributed by atoms with Gasteiger partial charge in [-0.25, -0.2) is 0 Å². The maximum Gasteiger partial charge on any atom is 0.141 e. The van der Waals surface area contributed by atoms with Crippen LogP contribution in [0.3, 0.4) is 0 Å². The lowest BCUT2D eigenvalue weighted by atomic mass is 10.1. The van der Waals surface area contributed by atoms with E-state index in [0.717, 1.165) is 11.4 Å². The van der Waals surface area contributed by atoms with Gasteiger partial charge in [0.25, 0.3) is 0 Å². The van der Waals surface area contributed by atoms with Gasteiger partial charge >= 0.3 is 0 Å². The monoisotopic (exact) mass is 204 g/mol. The highest BCUT2D eigenvalue weighted by Gasteiger charge is 2.13. The molecule has 1 aromatic carbocycles. The Morgan fingerprint density at radius 3 is 2.53 bits per heavy atom.